The molecule has 6 nitrogen and oxygen atoms in total. The number of amides is 1. The summed E-state index contributed by atoms with van der Waals surface area (Å²) in [6.45, 7) is -2.96. The fourth-order valence-electron chi connectivity index (χ4n) is 2.39. The zero-order chi connectivity index (χ0) is 19.4. The largest absolute Gasteiger partial charge is 0.493 e. The number of fused-ring (bicyclic) bond motifs is 1. The molecule has 2 aromatic carbocycles. The SMILES string of the molecule is COc1cccc(/C=C/C(=O)Nc2cc3c(cc2Cl)OCO3)c1OC(F)F. The van der Waals surface area contributed by atoms with Gasteiger partial charge < -0.3 is 24.3 Å². The highest BCUT2D eigenvalue weighted by atomic mass is 35.5. The maximum Gasteiger partial charge on any atom is 0.387 e. The lowest BCUT2D eigenvalue weighted by molar-refractivity contribution is -0.111. The van der Waals surface area contributed by atoms with Gasteiger partial charge in [-0.25, -0.2) is 0 Å². The van der Waals surface area contributed by atoms with Crippen molar-refractivity contribution < 1.29 is 32.5 Å². The average molecular weight is 398 g/mol. The third kappa shape index (κ3) is 4.40. The Morgan fingerprint density at radius 1 is 1.30 bits per heavy atom. The molecule has 0 aliphatic carbocycles. The molecule has 0 aromatic heterocycles. The number of carbonyl (C=O) groups excluding carboxylic acids is 1. The van der Waals surface area contributed by atoms with Crippen molar-refractivity contribution in [3.05, 3.63) is 47.0 Å². The van der Waals surface area contributed by atoms with Gasteiger partial charge in [0.05, 0.1) is 17.8 Å². The third-order valence-electron chi connectivity index (χ3n) is 3.57. The second-order valence-electron chi connectivity index (χ2n) is 5.27. The van der Waals surface area contributed by atoms with Crippen molar-refractivity contribution in [1.29, 1.82) is 0 Å². The van der Waals surface area contributed by atoms with Crippen LogP contribution in [0, 0.1) is 0 Å². The number of alkyl halides is 2. The molecule has 1 aliphatic heterocycles. The van der Waals surface area contributed by atoms with Crippen LogP contribution in [0.5, 0.6) is 23.0 Å². The van der Waals surface area contributed by atoms with Crippen molar-refractivity contribution in [2.45, 2.75) is 6.61 Å². The standard InChI is InChI=1S/C18H14ClF2NO5/c1-24-13-4-2-3-10(17(13)27-18(20)21)5-6-16(23)22-12-8-15-14(7-11(12)19)25-9-26-15/h2-8,18H,9H2,1H3,(H,22,23)/b6-5+. The smallest absolute Gasteiger partial charge is 0.387 e. The first kappa shape index (κ1) is 18.8. The van der Waals surface area contributed by atoms with Crippen LogP contribution >= 0.6 is 11.6 Å². The Labute approximate surface area is 158 Å². The van der Waals surface area contributed by atoms with Gasteiger partial charge in [0.15, 0.2) is 23.0 Å². The Kier molecular flexibility index (Phi) is 5.66. The zero-order valence-corrected chi connectivity index (χ0v) is 14.8. The summed E-state index contributed by atoms with van der Waals surface area (Å²) < 4.78 is 45.2. The minimum Gasteiger partial charge on any atom is -0.493 e. The lowest BCUT2D eigenvalue weighted by Gasteiger charge is -2.12. The summed E-state index contributed by atoms with van der Waals surface area (Å²) in [6.07, 6.45) is 2.49. The number of halogens is 3. The summed E-state index contributed by atoms with van der Waals surface area (Å²) in [5, 5.41) is 2.85. The molecule has 0 fully saturated rings. The molecule has 142 valence electrons. The van der Waals surface area contributed by atoms with E-state index in [2.05, 4.69) is 10.1 Å². The monoisotopic (exact) mass is 397 g/mol. The van der Waals surface area contributed by atoms with Gasteiger partial charge in [0, 0.05) is 23.8 Å². The summed E-state index contributed by atoms with van der Waals surface area (Å²) in [5.41, 5.74) is 0.576. The predicted molar refractivity (Wildman–Crippen MR) is 94.9 cm³/mol. The van der Waals surface area contributed by atoms with Crippen molar-refractivity contribution >= 4 is 29.3 Å². The third-order valence-corrected chi connectivity index (χ3v) is 3.88. The Morgan fingerprint density at radius 2 is 2.04 bits per heavy atom. The van der Waals surface area contributed by atoms with Gasteiger partial charge in [0.2, 0.25) is 12.7 Å². The molecule has 1 N–H and O–H groups in total. The van der Waals surface area contributed by atoms with Crippen LogP contribution in [0.25, 0.3) is 6.08 Å². The maximum absolute atomic E-state index is 12.6. The molecular formula is C18H14ClF2NO5. The van der Waals surface area contributed by atoms with E-state index in [0.29, 0.717) is 17.2 Å². The molecule has 0 atom stereocenters. The van der Waals surface area contributed by atoms with Crippen LogP contribution in [0.3, 0.4) is 0 Å². The molecule has 1 heterocycles. The fourth-order valence-corrected chi connectivity index (χ4v) is 2.59. The van der Waals surface area contributed by atoms with Crippen molar-refractivity contribution in [3.63, 3.8) is 0 Å². The van der Waals surface area contributed by atoms with Gasteiger partial charge in [0.1, 0.15) is 0 Å². The lowest BCUT2D eigenvalue weighted by atomic mass is 10.1. The van der Waals surface area contributed by atoms with Gasteiger partial charge in [-0.3, -0.25) is 4.79 Å². The summed E-state index contributed by atoms with van der Waals surface area (Å²) in [4.78, 5) is 12.2. The first-order valence-corrected chi connectivity index (χ1v) is 8.05. The molecular weight excluding hydrogens is 384 g/mol. The van der Waals surface area contributed by atoms with Crippen molar-refractivity contribution in [2.24, 2.45) is 0 Å². The van der Waals surface area contributed by atoms with Crippen LogP contribution < -0.4 is 24.3 Å². The normalized spacial score (nSPS) is 12.5. The van der Waals surface area contributed by atoms with E-state index in [4.69, 9.17) is 25.8 Å². The van der Waals surface area contributed by atoms with E-state index in [9.17, 15) is 13.6 Å². The molecule has 0 spiro atoms. The van der Waals surface area contributed by atoms with Crippen molar-refractivity contribution in [3.8, 4) is 23.0 Å². The van der Waals surface area contributed by atoms with Crippen LogP contribution in [0.2, 0.25) is 5.02 Å². The Bertz CT molecular complexity index is 888. The summed E-state index contributed by atoms with van der Waals surface area (Å²) in [5.74, 6) is 0.372. The van der Waals surface area contributed by atoms with Crippen LogP contribution in [0.4, 0.5) is 14.5 Å². The van der Waals surface area contributed by atoms with E-state index in [0.717, 1.165) is 6.08 Å². The van der Waals surface area contributed by atoms with E-state index in [-0.39, 0.29) is 28.9 Å². The van der Waals surface area contributed by atoms with Gasteiger partial charge in [0.25, 0.3) is 0 Å². The average Bonchev–Trinajstić information content (AvgIpc) is 3.07. The molecule has 27 heavy (non-hydrogen) atoms. The number of anilines is 1. The highest BCUT2D eigenvalue weighted by Crippen LogP contribution is 2.39. The number of rotatable bonds is 6. The Balaban J connectivity index is 1.78. The van der Waals surface area contributed by atoms with Gasteiger partial charge >= 0.3 is 6.61 Å². The number of para-hydroxylation sites is 1. The fraction of sp³-hybridized carbons (Fsp3) is 0.167. The summed E-state index contributed by atoms with van der Waals surface area (Å²) in [6, 6.07) is 7.63. The number of ether oxygens (including phenoxy) is 4. The molecule has 0 unspecified atom stereocenters. The predicted octanol–water partition coefficient (Wildman–Crippen LogP) is 4.33. The van der Waals surface area contributed by atoms with Crippen LogP contribution in [0.15, 0.2) is 36.4 Å². The van der Waals surface area contributed by atoms with E-state index in [1.165, 1.54) is 37.5 Å². The second-order valence-corrected chi connectivity index (χ2v) is 5.67. The van der Waals surface area contributed by atoms with Crippen molar-refractivity contribution in [1.82, 2.24) is 0 Å². The highest BCUT2D eigenvalue weighted by Gasteiger charge is 2.17. The number of methoxy groups -OCH3 is 1. The van der Waals surface area contributed by atoms with Gasteiger partial charge in [-0.1, -0.05) is 23.7 Å². The highest BCUT2D eigenvalue weighted by molar-refractivity contribution is 6.34. The number of hydrogen-bond acceptors (Lipinski definition) is 5. The molecule has 3 rings (SSSR count). The van der Waals surface area contributed by atoms with Gasteiger partial charge in [-0.2, -0.15) is 8.78 Å². The minimum absolute atomic E-state index is 0.0751. The molecule has 0 saturated carbocycles. The number of hydrogen-bond donors (Lipinski definition) is 1. The molecule has 2 aromatic rings. The number of benzene rings is 2. The van der Waals surface area contributed by atoms with Crippen molar-refractivity contribution in [2.75, 3.05) is 19.2 Å². The van der Waals surface area contributed by atoms with E-state index in [1.54, 1.807) is 6.07 Å². The molecule has 1 amide bonds. The summed E-state index contributed by atoms with van der Waals surface area (Å²) in [7, 11) is 1.33. The van der Waals surface area contributed by atoms with Gasteiger partial charge in [-0.05, 0) is 12.1 Å². The number of nitrogens with one attached hydrogen (secondary N) is 1. The minimum atomic E-state index is -3.03. The van der Waals surface area contributed by atoms with Gasteiger partial charge in [-0.15, -0.1) is 0 Å². The lowest BCUT2D eigenvalue weighted by Crippen LogP contribution is -2.08. The molecule has 0 saturated heterocycles. The second kappa shape index (κ2) is 8.13. The van der Waals surface area contributed by atoms with E-state index in [1.807, 2.05) is 0 Å². The zero-order valence-electron chi connectivity index (χ0n) is 14.0. The summed E-state index contributed by atoms with van der Waals surface area (Å²) >= 11 is 6.10. The van der Waals surface area contributed by atoms with Crippen LogP contribution in [-0.4, -0.2) is 26.4 Å². The quantitative estimate of drug-likeness (QED) is 0.735. The molecule has 9 heteroatoms. The molecule has 1 aliphatic rings. The molecule has 0 radical (unpaired) electrons. The first-order chi connectivity index (χ1) is 13.0. The molecule has 0 bridgehead atoms. The topological polar surface area (TPSA) is 66.0 Å². The van der Waals surface area contributed by atoms with Crippen LogP contribution in [0.1, 0.15) is 5.56 Å². The number of carbonyl (C=O) groups is 1. The van der Waals surface area contributed by atoms with E-state index >= 15 is 0 Å². The maximum atomic E-state index is 12.6. The Morgan fingerprint density at radius 3 is 2.74 bits per heavy atom. The van der Waals surface area contributed by atoms with Crippen LogP contribution in [-0.2, 0) is 4.79 Å². The first-order valence-electron chi connectivity index (χ1n) is 7.68. The Hall–Kier alpha value is -3.00. The van der Waals surface area contributed by atoms with E-state index < -0.39 is 12.5 Å².